The lowest BCUT2D eigenvalue weighted by molar-refractivity contribution is 0.0954. The molecule has 0 aliphatic heterocycles. The van der Waals surface area contributed by atoms with Crippen LogP contribution in [0.4, 0.5) is 10.2 Å². The van der Waals surface area contributed by atoms with Crippen molar-refractivity contribution in [1.29, 1.82) is 0 Å². The molecule has 1 aliphatic carbocycles. The van der Waals surface area contributed by atoms with Crippen LogP contribution in [-0.2, 0) is 6.42 Å². The Balaban J connectivity index is 1.51. The first kappa shape index (κ1) is 18.4. The van der Waals surface area contributed by atoms with Gasteiger partial charge in [0.15, 0.2) is 0 Å². The van der Waals surface area contributed by atoms with Crippen LogP contribution < -0.4 is 10.6 Å². The van der Waals surface area contributed by atoms with Crippen LogP contribution in [0.1, 0.15) is 54.4 Å². The minimum atomic E-state index is -0.247. The Bertz CT molecular complexity index is 709. The van der Waals surface area contributed by atoms with Gasteiger partial charge >= 0.3 is 0 Å². The fraction of sp³-hybridized carbons (Fsp3) is 0.429. The summed E-state index contributed by atoms with van der Waals surface area (Å²) < 4.78 is 12.9. The van der Waals surface area contributed by atoms with Crippen LogP contribution in [0.2, 0.25) is 0 Å². The van der Waals surface area contributed by atoms with E-state index >= 15 is 0 Å². The Morgan fingerprint density at radius 1 is 1.08 bits per heavy atom. The fourth-order valence-corrected chi connectivity index (χ4v) is 3.36. The highest BCUT2D eigenvalue weighted by Gasteiger charge is 2.13. The zero-order valence-corrected chi connectivity index (χ0v) is 15.0. The van der Waals surface area contributed by atoms with Gasteiger partial charge in [0, 0.05) is 24.3 Å². The number of hydrogen-bond acceptors (Lipinski definition) is 3. The van der Waals surface area contributed by atoms with Crippen molar-refractivity contribution in [2.45, 2.75) is 51.0 Å². The summed E-state index contributed by atoms with van der Waals surface area (Å²) >= 11 is 0. The minimum absolute atomic E-state index is 0.113. The Morgan fingerprint density at radius 2 is 1.81 bits per heavy atom. The number of carbonyl (C=O) groups is 1. The Morgan fingerprint density at radius 3 is 2.54 bits per heavy atom. The summed E-state index contributed by atoms with van der Waals surface area (Å²) in [5.41, 5.74) is 1.60. The summed E-state index contributed by atoms with van der Waals surface area (Å²) in [6, 6.07) is 10.3. The van der Waals surface area contributed by atoms with Crippen molar-refractivity contribution in [1.82, 2.24) is 10.3 Å². The molecule has 2 aromatic rings. The molecule has 1 aromatic carbocycles. The lowest BCUT2D eigenvalue weighted by Gasteiger charge is -2.17. The van der Waals surface area contributed by atoms with E-state index in [0.29, 0.717) is 24.6 Å². The lowest BCUT2D eigenvalue weighted by atomic mass is 10.1. The van der Waals surface area contributed by atoms with Crippen LogP contribution in [0.3, 0.4) is 0 Å². The summed E-state index contributed by atoms with van der Waals surface area (Å²) in [7, 11) is 0. The molecule has 138 valence electrons. The van der Waals surface area contributed by atoms with Crippen LogP contribution in [0, 0.1) is 5.82 Å². The second kappa shape index (κ2) is 9.32. The second-order valence-corrected chi connectivity index (χ2v) is 6.89. The zero-order valence-electron chi connectivity index (χ0n) is 15.0. The predicted octanol–water partition coefficient (Wildman–Crippen LogP) is 4.33. The molecular weight excluding hydrogens is 329 g/mol. The normalized spacial score (nSPS) is 15.3. The molecule has 1 aliphatic rings. The Hall–Kier alpha value is -2.43. The number of nitrogens with one attached hydrogen (secondary N) is 2. The van der Waals surface area contributed by atoms with Crippen molar-refractivity contribution in [2.75, 3.05) is 11.9 Å². The molecule has 1 amide bonds. The summed E-state index contributed by atoms with van der Waals surface area (Å²) in [6.45, 7) is 0.512. The molecule has 1 aromatic heterocycles. The number of anilines is 1. The van der Waals surface area contributed by atoms with Crippen molar-refractivity contribution in [3.63, 3.8) is 0 Å². The molecule has 1 saturated carbocycles. The molecule has 4 nitrogen and oxygen atoms in total. The summed E-state index contributed by atoms with van der Waals surface area (Å²) in [4.78, 5) is 16.7. The van der Waals surface area contributed by atoms with E-state index in [1.54, 1.807) is 24.4 Å². The molecule has 2 N–H and O–H groups in total. The van der Waals surface area contributed by atoms with E-state index in [0.717, 1.165) is 24.2 Å². The maximum Gasteiger partial charge on any atom is 0.251 e. The fourth-order valence-electron chi connectivity index (χ4n) is 3.36. The number of nitrogens with zero attached hydrogens (tertiary/aromatic N) is 1. The number of hydrogen-bond donors (Lipinski definition) is 2. The van der Waals surface area contributed by atoms with E-state index in [4.69, 9.17) is 0 Å². The monoisotopic (exact) mass is 355 g/mol. The number of aromatic nitrogens is 1. The molecule has 5 heteroatoms. The molecule has 0 saturated heterocycles. The standard InChI is InChI=1S/C21H26FN3O/c22-18-9-7-16(8-10-18)11-13-24-21(26)17-12-14-23-20(15-17)25-19-5-3-1-2-4-6-19/h7-10,12,14-15,19H,1-6,11,13H2,(H,23,25)(H,24,26). The number of halogens is 1. The van der Waals surface area contributed by atoms with Crippen molar-refractivity contribution >= 4 is 11.7 Å². The smallest absolute Gasteiger partial charge is 0.251 e. The molecular formula is C21H26FN3O. The van der Waals surface area contributed by atoms with Gasteiger partial charge in [-0.1, -0.05) is 37.8 Å². The lowest BCUT2D eigenvalue weighted by Crippen LogP contribution is -2.26. The molecule has 0 atom stereocenters. The molecule has 0 radical (unpaired) electrons. The van der Waals surface area contributed by atoms with Gasteiger partial charge in [-0.3, -0.25) is 4.79 Å². The number of rotatable bonds is 6. The quantitative estimate of drug-likeness (QED) is 0.759. The van der Waals surface area contributed by atoms with Crippen molar-refractivity contribution in [3.8, 4) is 0 Å². The summed E-state index contributed by atoms with van der Waals surface area (Å²) in [5.74, 6) is 0.407. The highest BCUT2D eigenvalue weighted by molar-refractivity contribution is 5.94. The van der Waals surface area contributed by atoms with Crippen LogP contribution in [-0.4, -0.2) is 23.5 Å². The van der Waals surface area contributed by atoms with Gasteiger partial charge in [-0.05, 0) is 49.1 Å². The first-order valence-corrected chi connectivity index (χ1v) is 9.46. The number of benzene rings is 1. The van der Waals surface area contributed by atoms with Gasteiger partial charge in [0.05, 0.1) is 0 Å². The zero-order chi connectivity index (χ0) is 18.2. The van der Waals surface area contributed by atoms with Gasteiger partial charge in [0.2, 0.25) is 0 Å². The van der Waals surface area contributed by atoms with Crippen molar-refractivity contribution in [2.24, 2.45) is 0 Å². The van der Waals surface area contributed by atoms with Gasteiger partial charge in [0.25, 0.3) is 5.91 Å². The Labute approximate surface area is 154 Å². The van der Waals surface area contributed by atoms with Gasteiger partial charge < -0.3 is 10.6 Å². The topological polar surface area (TPSA) is 54.0 Å². The minimum Gasteiger partial charge on any atom is -0.367 e. The molecule has 0 spiro atoms. The Kier molecular flexibility index (Phi) is 6.58. The highest BCUT2D eigenvalue weighted by atomic mass is 19.1. The molecule has 1 heterocycles. The maximum atomic E-state index is 12.9. The van der Waals surface area contributed by atoms with Crippen LogP contribution in [0.15, 0.2) is 42.6 Å². The van der Waals surface area contributed by atoms with Gasteiger partial charge in [0.1, 0.15) is 11.6 Å². The van der Waals surface area contributed by atoms with Gasteiger partial charge in [-0.2, -0.15) is 0 Å². The number of pyridine rings is 1. The SMILES string of the molecule is O=C(NCCc1ccc(F)cc1)c1ccnc(NC2CCCCCC2)c1. The van der Waals surface area contributed by atoms with E-state index in [1.807, 2.05) is 6.07 Å². The molecule has 0 unspecified atom stereocenters. The second-order valence-electron chi connectivity index (χ2n) is 6.89. The third-order valence-corrected chi connectivity index (χ3v) is 4.84. The number of amides is 1. The van der Waals surface area contributed by atoms with Crippen LogP contribution in [0.5, 0.6) is 0 Å². The van der Waals surface area contributed by atoms with Crippen molar-refractivity contribution in [3.05, 3.63) is 59.5 Å². The maximum absolute atomic E-state index is 12.9. The van der Waals surface area contributed by atoms with E-state index in [1.165, 1.54) is 37.8 Å². The highest BCUT2D eigenvalue weighted by Crippen LogP contribution is 2.20. The summed E-state index contributed by atoms with van der Waals surface area (Å²) in [5, 5.41) is 6.39. The van der Waals surface area contributed by atoms with Crippen LogP contribution >= 0.6 is 0 Å². The van der Waals surface area contributed by atoms with E-state index < -0.39 is 0 Å². The van der Waals surface area contributed by atoms with Crippen molar-refractivity contribution < 1.29 is 9.18 Å². The third kappa shape index (κ3) is 5.55. The number of carbonyl (C=O) groups excluding carboxylic acids is 1. The molecule has 0 bridgehead atoms. The first-order valence-electron chi connectivity index (χ1n) is 9.46. The van der Waals surface area contributed by atoms with E-state index in [-0.39, 0.29) is 11.7 Å². The van der Waals surface area contributed by atoms with E-state index in [2.05, 4.69) is 15.6 Å². The van der Waals surface area contributed by atoms with Gasteiger partial charge in [-0.15, -0.1) is 0 Å². The third-order valence-electron chi connectivity index (χ3n) is 4.84. The molecule has 26 heavy (non-hydrogen) atoms. The van der Waals surface area contributed by atoms with Crippen LogP contribution in [0.25, 0.3) is 0 Å². The van der Waals surface area contributed by atoms with E-state index in [9.17, 15) is 9.18 Å². The predicted molar refractivity (Wildman–Crippen MR) is 102 cm³/mol. The summed E-state index contributed by atoms with van der Waals surface area (Å²) in [6.07, 6.45) is 9.79. The largest absolute Gasteiger partial charge is 0.367 e. The average molecular weight is 355 g/mol. The first-order chi connectivity index (χ1) is 12.7. The molecule has 1 fully saturated rings. The average Bonchev–Trinajstić information content (AvgIpc) is 2.92. The van der Waals surface area contributed by atoms with Gasteiger partial charge in [-0.25, -0.2) is 9.37 Å². The molecule has 3 rings (SSSR count).